The third kappa shape index (κ3) is 4.52. The zero-order chi connectivity index (χ0) is 16.9. The third-order valence-electron chi connectivity index (χ3n) is 3.44. The molecule has 0 radical (unpaired) electrons. The molecule has 4 nitrogen and oxygen atoms in total. The van der Waals surface area contributed by atoms with Gasteiger partial charge >= 0.3 is 0 Å². The lowest BCUT2D eigenvalue weighted by molar-refractivity contribution is 0.555. The summed E-state index contributed by atoms with van der Waals surface area (Å²) >= 11 is 0. The van der Waals surface area contributed by atoms with Gasteiger partial charge in [-0.3, -0.25) is 0 Å². The van der Waals surface area contributed by atoms with Crippen LogP contribution in [-0.2, 0) is 10.0 Å². The summed E-state index contributed by atoms with van der Waals surface area (Å²) in [4.78, 5) is 0.201. The largest absolute Gasteiger partial charge is 0.241 e. The van der Waals surface area contributed by atoms with E-state index in [0.717, 1.165) is 11.1 Å². The second kappa shape index (κ2) is 7.23. The fourth-order valence-electron chi connectivity index (χ4n) is 2.18. The summed E-state index contributed by atoms with van der Waals surface area (Å²) in [6.07, 6.45) is 0.228. The molecule has 0 aliphatic carbocycles. The predicted octanol–water partition coefficient (Wildman–Crippen LogP) is 3.48. The predicted molar refractivity (Wildman–Crippen MR) is 90.1 cm³/mol. The normalized spacial score (nSPS) is 12.3. The first kappa shape index (κ1) is 16.9. The van der Waals surface area contributed by atoms with Crippen molar-refractivity contribution in [3.8, 4) is 6.07 Å². The van der Waals surface area contributed by atoms with Gasteiger partial charge in [-0.15, -0.1) is 0 Å². The van der Waals surface area contributed by atoms with Crippen molar-refractivity contribution in [3.63, 3.8) is 0 Å². The van der Waals surface area contributed by atoms with E-state index in [0.29, 0.717) is 5.57 Å². The molecular weight excluding hydrogens is 308 g/mol. The highest BCUT2D eigenvalue weighted by molar-refractivity contribution is 7.89. The lowest BCUT2D eigenvalue weighted by Gasteiger charge is -2.19. The van der Waals surface area contributed by atoms with Crippen molar-refractivity contribution >= 4 is 10.0 Å². The van der Waals surface area contributed by atoms with Crippen LogP contribution in [0.15, 0.2) is 71.6 Å². The molecule has 0 saturated carbocycles. The minimum atomic E-state index is -3.68. The highest BCUT2D eigenvalue weighted by Gasteiger charge is 2.22. The standard InChI is InChI=1S/C18H18N2O2S/c1-14-8-10-17(11-9-14)23(21,22)20-18(12-15(2)13-19)16-6-4-3-5-7-16/h3-11,18,20H,2,12H2,1H3. The molecule has 0 saturated heterocycles. The van der Waals surface area contributed by atoms with Gasteiger partial charge in [0.2, 0.25) is 10.0 Å². The average molecular weight is 326 g/mol. The number of nitriles is 1. The van der Waals surface area contributed by atoms with Crippen LogP contribution in [0.3, 0.4) is 0 Å². The fraction of sp³-hybridized carbons (Fsp3) is 0.167. The summed E-state index contributed by atoms with van der Waals surface area (Å²) in [6.45, 7) is 5.55. The van der Waals surface area contributed by atoms with Crippen molar-refractivity contribution in [2.24, 2.45) is 0 Å². The molecule has 0 aliphatic rings. The lowest BCUT2D eigenvalue weighted by atomic mass is 10.0. The van der Waals surface area contributed by atoms with Gasteiger partial charge in [-0.05, 0) is 24.6 Å². The maximum atomic E-state index is 12.6. The van der Waals surface area contributed by atoms with Crippen LogP contribution in [0.25, 0.3) is 0 Å². The van der Waals surface area contributed by atoms with Gasteiger partial charge in [0.25, 0.3) is 0 Å². The van der Waals surface area contributed by atoms with Gasteiger partial charge in [0.15, 0.2) is 0 Å². The first-order chi connectivity index (χ1) is 10.9. The van der Waals surface area contributed by atoms with Gasteiger partial charge in [0.05, 0.1) is 17.0 Å². The molecule has 2 aromatic rings. The van der Waals surface area contributed by atoms with E-state index < -0.39 is 16.1 Å². The Morgan fingerprint density at radius 2 is 1.78 bits per heavy atom. The average Bonchev–Trinajstić information content (AvgIpc) is 2.55. The lowest BCUT2D eigenvalue weighted by Crippen LogP contribution is -2.29. The maximum Gasteiger partial charge on any atom is 0.241 e. The van der Waals surface area contributed by atoms with Crippen molar-refractivity contribution < 1.29 is 8.42 Å². The number of hydrogen-bond acceptors (Lipinski definition) is 3. The molecule has 2 rings (SSSR count). The van der Waals surface area contributed by atoms with Crippen LogP contribution in [0, 0.1) is 18.3 Å². The molecule has 0 bridgehead atoms. The zero-order valence-corrected chi connectivity index (χ0v) is 13.7. The Labute approximate surface area is 137 Å². The van der Waals surface area contributed by atoms with E-state index in [1.165, 1.54) is 0 Å². The second-order valence-corrected chi connectivity index (χ2v) is 7.03. The smallest absolute Gasteiger partial charge is 0.207 e. The summed E-state index contributed by atoms with van der Waals surface area (Å²) in [5.74, 6) is 0. The molecule has 2 aromatic carbocycles. The minimum absolute atomic E-state index is 0.201. The number of hydrogen-bond donors (Lipinski definition) is 1. The molecule has 0 spiro atoms. The Balaban J connectivity index is 2.31. The van der Waals surface area contributed by atoms with Crippen LogP contribution in [0.1, 0.15) is 23.6 Å². The zero-order valence-electron chi connectivity index (χ0n) is 12.9. The highest BCUT2D eigenvalue weighted by atomic mass is 32.2. The molecule has 1 atom stereocenters. The van der Waals surface area contributed by atoms with Gasteiger partial charge in [-0.1, -0.05) is 54.6 Å². The van der Waals surface area contributed by atoms with Crippen molar-refractivity contribution in [1.29, 1.82) is 5.26 Å². The number of aryl methyl sites for hydroxylation is 1. The number of benzene rings is 2. The van der Waals surface area contributed by atoms with E-state index in [9.17, 15) is 8.42 Å². The molecule has 0 heterocycles. The van der Waals surface area contributed by atoms with Crippen LogP contribution < -0.4 is 4.72 Å². The molecule has 1 unspecified atom stereocenters. The van der Waals surface area contributed by atoms with Crippen LogP contribution in [0.5, 0.6) is 0 Å². The first-order valence-electron chi connectivity index (χ1n) is 7.14. The van der Waals surface area contributed by atoms with Crippen LogP contribution in [0.4, 0.5) is 0 Å². The van der Waals surface area contributed by atoms with Crippen LogP contribution >= 0.6 is 0 Å². The summed E-state index contributed by atoms with van der Waals surface area (Å²) in [5, 5.41) is 8.95. The number of rotatable bonds is 6. The quantitative estimate of drug-likeness (QED) is 0.826. The summed E-state index contributed by atoms with van der Waals surface area (Å²) in [5.41, 5.74) is 2.10. The fourth-order valence-corrected chi connectivity index (χ4v) is 3.40. The van der Waals surface area contributed by atoms with Crippen molar-refractivity contribution in [2.45, 2.75) is 24.3 Å². The molecule has 0 amide bonds. The summed E-state index contributed by atoms with van der Waals surface area (Å²) in [7, 11) is -3.68. The van der Waals surface area contributed by atoms with Gasteiger partial charge in [0, 0.05) is 12.0 Å². The van der Waals surface area contributed by atoms with E-state index in [1.807, 2.05) is 43.3 Å². The number of nitrogens with one attached hydrogen (secondary N) is 1. The SMILES string of the molecule is C=C(C#N)CC(NS(=O)(=O)c1ccc(C)cc1)c1ccccc1. The molecule has 1 N–H and O–H groups in total. The van der Waals surface area contributed by atoms with Gasteiger partial charge in [0.1, 0.15) is 0 Å². The molecule has 0 aromatic heterocycles. The van der Waals surface area contributed by atoms with Crippen LogP contribution in [-0.4, -0.2) is 8.42 Å². The van der Waals surface area contributed by atoms with E-state index in [4.69, 9.17) is 5.26 Å². The van der Waals surface area contributed by atoms with E-state index in [-0.39, 0.29) is 11.3 Å². The number of nitrogens with zero attached hydrogens (tertiary/aromatic N) is 1. The van der Waals surface area contributed by atoms with Crippen molar-refractivity contribution in [2.75, 3.05) is 0 Å². The monoisotopic (exact) mass is 326 g/mol. The van der Waals surface area contributed by atoms with Crippen molar-refractivity contribution in [3.05, 3.63) is 77.9 Å². The Bertz CT molecular complexity index is 820. The number of sulfonamides is 1. The van der Waals surface area contributed by atoms with E-state index in [1.54, 1.807) is 24.3 Å². The summed E-state index contributed by atoms with van der Waals surface area (Å²) < 4.78 is 27.8. The molecule has 118 valence electrons. The topological polar surface area (TPSA) is 70.0 Å². The molecule has 0 fully saturated rings. The summed E-state index contributed by atoms with van der Waals surface area (Å²) in [6, 6.07) is 17.2. The second-order valence-electron chi connectivity index (χ2n) is 5.32. The van der Waals surface area contributed by atoms with Crippen LogP contribution in [0.2, 0.25) is 0 Å². The Hall–Kier alpha value is -2.42. The minimum Gasteiger partial charge on any atom is -0.207 e. The molecular formula is C18H18N2O2S. The van der Waals surface area contributed by atoms with Crippen molar-refractivity contribution in [1.82, 2.24) is 4.72 Å². The Morgan fingerprint density at radius 1 is 1.17 bits per heavy atom. The molecule has 23 heavy (non-hydrogen) atoms. The first-order valence-corrected chi connectivity index (χ1v) is 8.62. The molecule has 0 aliphatic heterocycles. The van der Waals surface area contributed by atoms with Gasteiger partial charge in [-0.2, -0.15) is 5.26 Å². The van der Waals surface area contributed by atoms with E-state index in [2.05, 4.69) is 11.3 Å². The van der Waals surface area contributed by atoms with Gasteiger partial charge in [-0.25, -0.2) is 13.1 Å². The Morgan fingerprint density at radius 3 is 2.35 bits per heavy atom. The Kier molecular flexibility index (Phi) is 5.32. The molecule has 5 heteroatoms. The third-order valence-corrected chi connectivity index (χ3v) is 4.93. The van der Waals surface area contributed by atoms with Gasteiger partial charge < -0.3 is 0 Å². The maximum absolute atomic E-state index is 12.6. The van der Waals surface area contributed by atoms with E-state index >= 15 is 0 Å². The highest BCUT2D eigenvalue weighted by Crippen LogP contribution is 2.23.